The maximum atomic E-state index is 13.6. The molecule has 1 unspecified atom stereocenters. The third kappa shape index (κ3) is 11.3. The molecule has 2 amide bonds. The van der Waals surface area contributed by atoms with Gasteiger partial charge in [0.25, 0.3) is 11.8 Å². The number of nitrogens with zero attached hydrogens (tertiary/aromatic N) is 1. The summed E-state index contributed by atoms with van der Waals surface area (Å²) in [5.41, 5.74) is 2.64. The minimum Gasteiger partial charge on any atom is -0.463 e. The molecule has 3 aliphatic rings. The molecule has 61 heavy (non-hydrogen) atoms. The quantitative estimate of drug-likeness (QED) is 0.117. The number of hydrogen-bond acceptors (Lipinski definition) is 15. The van der Waals surface area contributed by atoms with Gasteiger partial charge in [-0.2, -0.15) is 0 Å². The van der Waals surface area contributed by atoms with Crippen LogP contribution >= 0.6 is 0 Å². The van der Waals surface area contributed by atoms with Crippen molar-refractivity contribution < 1.29 is 71.7 Å². The second kappa shape index (κ2) is 21.0. The minimum atomic E-state index is -1.88. The number of esters is 3. The van der Waals surface area contributed by atoms with E-state index < -0.39 is 91.1 Å². The number of ether oxygens (including phenoxy) is 9. The van der Waals surface area contributed by atoms with Crippen molar-refractivity contribution >= 4 is 29.7 Å². The van der Waals surface area contributed by atoms with E-state index in [-0.39, 0.29) is 44.2 Å². The fourth-order valence-corrected chi connectivity index (χ4v) is 7.44. The molecule has 6 rings (SSSR count). The summed E-state index contributed by atoms with van der Waals surface area (Å²) in [6.45, 7) is 6.04. The van der Waals surface area contributed by atoms with Gasteiger partial charge in [0.2, 0.25) is 0 Å². The first-order valence-electron chi connectivity index (χ1n) is 19.9. The van der Waals surface area contributed by atoms with Gasteiger partial charge in [-0.1, -0.05) is 91.0 Å². The van der Waals surface area contributed by atoms with Crippen molar-refractivity contribution in [1.82, 2.24) is 4.90 Å². The van der Waals surface area contributed by atoms with Gasteiger partial charge in [0.1, 0.15) is 43.2 Å². The minimum absolute atomic E-state index is 0.0131. The molecule has 326 valence electrons. The van der Waals surface area contributed by atoms with Crippen molar-refractivity contribution in [1.29, 1.82) is 0 Å². The predicted molar refractivity (Wildman–Crippen MR) is 212 cm³/mol. The molecule has 10 atom stereocenters. The third-order valence-electron chi connectivity index (χ3n) is 10.5. The van der Waals surface area contributed by atoms with Crippen LogP contribution in [0, 0.1) is 0 Å². The third-order valence-corrected chi connectivity index (χ3v) is 10.5. The lowest BCUT2D eigenvalue weighted by molar-refractivity contribution is -0.357. The zero-order valence-electron chi connectivity index (χ0n) is 34.6. The summed E-state index contributed by atoms with van der Waals surface area (Å²) in [5, 5.41) is 11.6. The van der Waals surface area contributed by atoms with Crippen molar-refractivity contribution in [2.24, 2.45) is 0 Å². The smallest absolute Gasteiger partial charge is 0.303 e. The molecule has 3 aliphatic heterocycles. The standard InChI is InChI=1S/C45H51NO15/c1-26-27(2)43(51)46(42(26)50)36-39(57-29(4)48)38(34(59-44(36)52)24-53-21-31-15-9-6-10-16-31)61-45-41(58-30(5)49)40(56-23-33-19-13-8-14-20-33)37(35(60-45)25-54-28(3)47)55-22-32-17-11-7-12-18-32/h6-20,34-41,44-45,52H,21-25H2,1-5H3/t34-,35-,36-,37-,38-,39-,40+,41-,44?,45+/m1/s1. The summed E-state index contributed by atoms with van der Waals surface area (Å²) in [4.78, 5) is 66.1. The average Bonchev–Trinajstić information content (AvgIpc) is 3.42. The van der Waals surface area contributed by atoms with Crippen LogP contribution in [0.2, 0.25) is 0 Å². The highest BCUT2D eigenvalue weighted by Gasteiger charge is 2.58. The molecule has 2 fully saturated rings. The summed E-state index contributed by atoms with van der Waals surface area (Å²) in [5.74, 6) is -3.66. The Morgan fingerprint density at radius 3 is 1.57 bits per heavy atom. The summed E-state index contributed by atoms with van der Waals surface area (Å²) in [6.07, 6.45) is -12.6. The second-order valence-electron chi connectivity index (χ2n) is 14.9. The van der Waals surface area contributed by atoms with Gasteiger partial charge >= 0.3 is 17.9 Å². The van der Waals surface area contributed by atoms with E-state index in [1.165, 1.54) is 27.7 Å². The molecule has 3 heterocycles. The number of rotatable bonds is 17. The lowest BCUT2D eigenvalue weighted by Gasteiger charge is -2.50. The molecule has 0 saturated carbocycles. The van der Waals surface area contributed by atoms with Gasteiger partial charge in [-0.05, 0) is 30.5 Å². The monoisotopic (exact) mass is 845 g/mol. The van der Waals surface area contributed by atoms with E-state index >= 15 is 0 Å². The van der Waals surface area contributed by atoms with Crippen molar-refractivity contribution in [3.8, 4) is 0 Å². The van der Waals surface area contributed by atoms with Crippen LogP contribution in [0.1, 0.15) is 51.3 Å². The molecule has 0 radical (unpaired) electrons. The molecule has 3 aromatic rings. The predicted octanol–water partition coefficient (Wildman–Crippen LogP) is 3.70. The van der Waals surface area contributed by atoms with Gasteiger partial charge in [0, 0.05) is 31.9 Å². The highest BCUT2D eigenvalue weighted by molar-refractivity contribution is 6.19. The Morgan fingerprint density at radius 2 is 1.07 bits per heavy atom. The van der Waals surface area contributed by atoms with E-state index in [2.05, 4.69) is 0 Å². The Kier molecular flexibility index (Phi) is 15.5. The Morgan fingerprint density at radius 1 is 0.590 bits per heavy atom. The molecule has 2 saturated heterocycles. The van der Waals surface area contributed by atoms with Gasteiger partial charge in [-0.25, -0.2) is 0 Å². The van der Waals surface area contributed by atoms with Gasteiger partial charge in [0.15, 0.2) is 24.8 Å². The average molecular weight is 846 g/mol. The van der Waals surface area contributed by atoms with Crippen molar-refractivity contribution in [2.75, 3.05) is 13.2 Å². The maximum absolute atomic E-state index is 13.6. The van der Waals surface area contributed by atoms with Crippen LogP contribution in [0.15, 0.2) is 102 Å². The lowest BCUT2D eigenvalue weighted by atomic mass is 9.94. The second-order valence-corrected chi connectivity index (χ2v) is 14.9. The number of carbonyl (C=O) groups is 5. The molecular formula is C45H51NO15. The number of aliphatic hydroxyl groups is 1. The largest absolute Gasteiger partial charge is 0.463 e. The number of aliphatic hydroxyl groups excluding tert-OH is 1. The van der Waals surface area contributed by atoms with Gasteiger partial charge in [-0.3, -0.25) is 28.9 Å². The van der Waals surface area contributed by atoms with Crippen LogP contribution in [-0.2, 0) is 86.4 Å². The number of amides is 2. The fourth-order valence-electron chi connectivity index (χ4n) is 7.44. The van der Waals surface area contributed by atoms with Crippen molar-refractivity contribution in [2.45, 2.75) is 116 Å². The molecule has 16 nitrogen and oxygen atoms in total. The molecule has 1 N–H and O–H groups in total. The SMILES string of the molecule is CC(=O)OC[C@H]1O[C@@H](O[C@H]2[C@H](OC(C)=O)[C@@H](N3C(=O)C(C)=C(C)C3=O)C(O)O[C@@H]2COCc2ccccc2)[C@H](OC(C)=O)[C@@H](OCc2ccccc2)[C@@H]1OCc1ccccc1. The van der Waals surface area contributed by atoms with Crippen LogP contribution in [0.5, 0.6) is 0 Å². The Balaban J connectivity index is 1.41. The first-order chi connectivity index (χ1) is 29.3. The molecular weight excluding hydrogens is 794 g/mol. The Labute approximate surface area is 353 Å². The van der Waals surface area contributed by atoms with E-state index in [9.17, 15) is 29.1 Å². The maximum Gasteiger partial charge on any atom is 0.303 e. The highest BCUT2D eigenvalue weighted by atomic mass is 16.8. The highest BCUT2D eigenvalue weighted by Crippen LogP contribution is 2.37. The summed E-state index contributed by atoms with van der Waals surface area (Å²) >= 11 is 0. The molecule has 0 aromatic heterocycles. The summed E-state index contributed by atoms with van der Waals surface area (Å²) in [6, 6.07) is 26.1. The Bertz CT molecular complexity index is 1990. The molecule has 0 bridgehead atoms. The van der Waals surface area contributed by atoms with Crippen LogP contribution in [-0.4, -0.2) is 114 Å². The number of carbonyl (C=O) groups excluding carboxylic acids is 5. The topological polar surface area (TPSA) is 192 Å². The molecule has 0 spiro atoms. The lowest BCUT2D eigenvalue weighted by Crippen LogP contribution is -2.69. The van der Waals surface area contributed by atoms with Crippen LogP contribution in [0.4, 0.5) is 0 Å². The van der Waals surface area contributed by atoms with E-state index in [1.54, 1.807) is 0 Å². The van der Waals surface area contributed by atoms with Gasteiger partial charge in [-0.15, -0.1) is 0 Å². The van der Waals surface area contributed by atoms with E-state index in [1.807, 2.05) is 91.0 Å². The summed E-state index contributed by atoms with van der Waals surface area (Å²) < 4.78 is 55.7. The van der Waals surface area contributed by atoms with Gasteiger partial charge < -0.3 is 47.7 Å². The number of imide groups is 1. The normalized spacial score (nSPS) is 27.8. The molecule has 0 aliphatic carbocycles. The Hall–Kier alpha value is -5.33. The fraction of sp³-hybridized carbons (Fsp3) is 0.444. The van der Waals surface area contributed by atoms with Gasteiger partial charge in [0.05, 0.1) is 26.4 Å². The van der Waals surface area contributed by atoms with Crippen LogP contribution < -0.4 is 0 Å². The van der Waals surface area contributed by atoms with E-state index in [0.29, 0.717) is 0 Å². The zero-order valence-corrected chi connectivity index (χ0v) is 34.6. The molecule has 3 aromatic carbocycles. The first kappa shape index (κ1) is 45.2. The zero-order chi connectivity index (χ0) is 43.6. The van der Waals surface area contributed by atoms with Crippen LogP contribution in [0.3, 0.4) is 0 Å². The first-order valence-corrected chi connectivity index (χ1v) is 19.9. The molecule has 16 heteroatoms. The van der Waals surface area contributed by atoms with Crippen LogP contribution in [0.25, 0.3) is 0 Å². The van der Waals surface area contributed by atoms with E-state index in [4.69, 9.17) is 42.6 Å². The summed E-state index contributed by atoms with van der Waals surface area (Å²) in [7, 11) is 0. The van der Waals surface area contributed by atoms with Crippen molar-refractivity contribution in [3.63, 3.8) is 0 Å². The van der Waals surface area contributed by atoms with Crippen molar-refractivity contribution in [3.05, 3.63) is 119 Å². The number of hydrogen-bond donors (Lipinski definition) is 1. The number of benzene rings is 3. The van der Waals surface area contributed by atoms with E-state index in [0.717, 1.165) is 28.5 Å².